The minimum absolute atomic E-state index is 0.0920. The normalized spacial score (nSPS) is 14.3. The second-order valence-electron chi connectivity index (χ2n) is 5.25. The molecule has 2 amide bonds. The van der Waals surface area contributed by atoms with Crippen molar-refractivity contribution >= 4 is 23.2 Å². The monoisotopic (exact) mass is 298 g/mol. The Hall–Kier alpha value is -2.63. The molecule has 0 atom stereocenters. The third-order valence-electron chi connectivity index (χ3n) is 3.99. The topological polar surface area (TPSA) is 67.2 Å². The molecule has 114 valence electrons. The van der Waals surface area contributed by atoms with Crippen LogP contribution in [-0.4, -0.2) is 27.9 Å². The smallest absolute Gasteiger partial charge is 0.260 e. The lowest BCUT2D eigenvalue weighted by Gasteiger charge is -2.21. The average Bonchev–Trinajstić information content (AvgIpc) is 2.80. The van der Waals surface area contributed by atoms with Crippen LogP contribution in [0.2, 0.25) is 0 Å². The Morgan fingerprint density at radius 1 is 1.41 bits per heavy atom. The fourth-order valence-corrected chi connectivity index (χ4v) is 2.73. The maximum Gasteiger partial charge on any atom is 0.260 e. The van der Waals surface area contributed by atoms with Crippen molar-refractivity contribution in [1.29, 1.82) is 0 Å². The van der Waals surface area contributed by atoms with Crippen LogP contribution in [0.4, 0.5) is 11.4 Å². The Balaban J connectivity index is 2.01. The number of pyridine rings is 1. The number of rotatable bonds is 2. The van der Waals surface area contributed by atoms with Crippen molar-refractivity contribution in [3.63, 3.8) is 0 Å². The van der Waals surface area contributed by atoms with Gasteiger partial charge in [0.1, 0.15) is 0 Å². The molecule has 2 aromatic rings. The Bertz CT molecular complexity index is 735. The minimum Gasteiger partial charge on any atom is -0.351 e. The zero-order valence-corrected chi connectivity index (χ0v) is 12.7. The van der Waals surface area contributed by atoms with Crippen molar-refractivity contribution < 1.29 is 9.59 Å². The number of aryl methyl sites for hydroxylation is 1. The lowest BCUT2D eigenvalue weighted by atomic mass is 10.2. The molecule has 0 unspecified atom stereocenters. The summed E-state index contributed by atoms with van der Waals surface area (Å²) in [5.41, 5.74) is 2.85. The summed E-state index contributed by atoms with van der Waals surface area (Å²) in [5, 5.41) is 2.81. The molecule has 3 rings (SSSR count). The molecule has 3 heterocycles. The van der Waals surface area contributed by atoms with Crippen LogP contribution in [0.25, 0.3) is 0 Å². The van der Waals surface area contributed by atoms with Crippen LogP contribution in [0.1, 0.15) is 29.4 Å². The number of anilines is 2. The van der Waals surface area contributed by atoms with Crippen molar-refractivity contribution in [1.82, 2.24) is 9.55 Å². The molecule has 0 spiro atoms. The van der Waals surface area contributed by atoms with Gasteiger partial charge in [0.2, 0.25) is 5.91 Å². The number of carbonyl (C=O) groups excluding carboxylic acids is 2. The number of amides is 2. The van der Waals surface area contributed by atoms with Gasteiger partial charge in [-0.3, -0.25) is 14.6 Å². The Kier molecular flexibility index (Phi) is 3.66. The number of hydrogen-bond acceptors (Lipinski definition) is 3. The SMILES string of the molecule is CCn1ccc(C(=O)N2CCC(=O)Nc3ccncc32)c1C. The molecule has 0 aromatic carbocycles. The zero-order valence-electron chi connectivity index (χ0n) is 12.7. The van der Waals surface area contributed by atoms with Gasteiger partial charge in [-0.15, -0.1) is 0 Å². The highest BCUT2D eigenvalue weighted by Crippen LogP contribution is 2.29. The zero-order chi connectivity index (χ0) is 15.7. The molecule has 6 heteroatoms. The molecular formula is C16H18N4O2. The number of aromatic nitrogens is 2. The van der Waals surface area contributed by atoms with Crippen molar-refractivity contribution in [3.05, 3.63) is 42.0 Å². The van der Waals surface area contributed by atoms with Crippen LogP contribution >= 0.6 is 0 Å². The van der Waals surface area contributed by atoms with Gasteiger partial charge < -0.3 is 14.8 Å². The largest absolute Gasteiger partial charge is 0.351 e. The predicted molar refractivity (Wildman–Crippen MR) is 84.0 cm³/mol. The van der Waals surface area contributed by atoms with Gasteiger partial charge in [-0.1, -0.05) is 0 Å². The van der Waals surface area contributed by atoms with E-state index in [2.05, 4.69) is 10.3 Å². The minimum atomic E-state index is -0.101. The third-order valence-corrected chi connectivity index (χ3v) is 3.99. The maximum absolute atomic E-state index is 12.9. The first-order valence-corrected chi connectivity index (χ1v) is 7.33. The standard InChI is InChI=1S/C16H18N4O2/c1-3-19-8-5-12(11(19)2)16(22)20-9-6-15(21)18-13-4-7-17-10-14(13)20/h4-5,7-8,10H,3,6,9H2,1-2H3,(H,18,21). The van der Waals surface area contributed by atoms with Crippen LogP contribution < -0.4 is 10.2 Å². The summed E-state index contributed by atoms with van der Waals surface area (Å²) >= 11 is 0. The van der Waals surface area contributed by atoms with Crippen molar-refractivity contribution in [2.45, 2.75) is 26.8 Å². The quantitative estimate of drug-likeness (QED) is 0.924. The maximum atomic E-state index is 12.9. The molecule has 0 radical (unpaired) electrons. The van der Waals surface area contributed by atoms with Gasteiger partial charge in [0.25, 0.3) is 5.91 Å². The van der Waals surface area contributed by atoms with Gasteiger partial charge in [-0.25, -0.2) is 0 Å². The Morgan fingerprint density at radius 3 is 2.95 bits per heavy atom. The highest BCUT2D eigenvalue weighted by molar-refractivity contribution is 6.10. The van der Waals surface area contributed by atoms with Gasteiger partial charge in [0.05, 0.1) is 23.1 Å². The molecular weight excluding hydrogens is 280 g/mol. The first-order valence-electron chi connectivity index (χ1n) is 7.33. The molecule has 1 aliphatic rings. The summed E-state index contributed by atoms with van der Waals surface area (Å²) in [5.74, 6) is -0.193. The number of hydrogen-bond donors (Lipinski definition) is 1. The molecule has 0 fully saturated rings. The first-order chi connectivity index (χ1) is 10.6. The number of nitrogens with zero attached hydrogens (tertiary/aromatic N) is 3. The number of nitrogens with one attached hydrogen (secondary N) is 1. The van der Waals surface area contributed by atoms with E-state index in [-0.39, 0.29) is 18.2 Å². The molecule has 1 N–H and O–H groups in total. The van der Waals surface area contributed by atoms with E-state index in [1.807, 2.05) is 30.7 Å². The highest BCUT2D eigenvalue weighted by Gasteiger charge is 2.26. The molecule has 6 nitrogen and oxygen atoms in total. The van der Waals surface area contributed by atoms with Gasteiger partial charge in [0.15, 0.2) is 0 Å². The van der Waals surface area contributed by atoms with Crippen LogP contribution in [0.5, 0.6) is 0 Å². The molecule has 0 bridgehead atoms. The van der Waals surface area contributed by atoms with E-state index < -0.39 is 0 Å². The fraction of sp³-hybridized carbons (Fsp3) is 0.312. The molecule has 0 saturated heterocycles. The summed E-state index contributed by atoms with van der Waals surface area (Å²) < 4.78 is 2.03. The molecule has 2 aromatic heterocycles. The van der Waals surface area contributed by atoms with Gasteiger partial charge in [-0.05, 0) is 26.0 Å². The van der Waals surface area contributed by atoms with Gasteiger partial charge in [0, 0.05) is 37.6 Å². The van der Waals surface area contributed by atoms with Crippen LogP contribution in [0, 0.1) is 6.92 Å². The van der Waals surface area contributed by atoms with Crippen LogP contribution in [0.3, 0.4) is 0 Å². The average molecular weight is 298 g/mol. The third kappa shape index (κ3) is 2.36. The van der Waals surface area contributed by atoms with Crippen molar-refractivity contribution in [2.75, 3.05) is 16.8 Å². The summed E-state index contributed by atoms with van der Waals surface area (Å²) in [6.07, 6.45) is 5.40. The van der Waals surface area contributed by atoms with Gasteiger partial charge in [-0.2, -0.15) is 0 Å². The lowest BCUT2D eigenvalue weighted by molar-refractivity contribution is -0.115. The summed E-state index contributed by atoms with van der Waals surface area (Å²) in [4.78, 5) is 30.4. The molecule has 1 aliphatic heterocycles. The van der Waals surface area contributed by atoms with E-state index in [9.17, 15) is 9.59 Å². The Labute approximate surface area is 128 Å². The van der Waals surface area contributed by atoms with E-state index in [4.69, 9.17) is 0 Å². The predicted octanol–water partition coefficient (Wildman–Crippen LogP) is 2.20. The molecule has 0 saturated carbocycles. The van der Waals surface area contributed by atoms with E-state index in [1.54, 1.807) is 23.4 Å². The number of carbonyl (C=O) groups is 2. The summed E-state index contributed by atoms with van der Waals surface area (Å²) in [7, 11) is 0. The van der Waals surface area contributed by atoms with Crippen LogP contribution in [-0.2, 0) is 11.3 Å². The first kappa shape index (κ1) is 14.3. The second-order valence-corrected chi connectivity index (χ2v) is 5.25. The summed E-state index contributed by atoms with van der Waals surface area (Å²) in [6.45, 7) is 5.13. The van der Waals surface area contributed by atoms with E-state index in [0.717, 1.165) is 12.2 Å². The second kappa shape index (κ2) is 5.63. The van der Waals surface area contributed by atoms with E-state index >= 15 is 0 Å². The fourth-order valence-electron chi connectivity index (χ4n) is 2.73. The van der Waals surface area contributed by atoms with Crippen molar-refractivity contribution in [3.8, 4) is 0 Å². The van der Waals surface area contributed by atoms with E-state index in [0.29, 0.717) is 23.5 Å². The van der Waals surface area contributed by atoms with Crippen LogP contribution in [0.15, 0.2) is 30.7 Å². The molecule has 22 heavy (non-hydrogen) atoms. The Morgan fingerprint density at radius 2 is 2.23 bits per heavy atom. The van der Waals surface area contributed by atoms with Crippen molar-refractivity contribution in [2.24, 2.45) is 0 Å². The van der Waals surface area contributed by atoms with E-state index in [1.165, 1.54) is 0 Å². The summed E-state index contributed by atoms with van der Waals surface area (Å²) in [6, 6.07) is 3.54. The van der Waals surface area contributed by atoms with Gasteiger partial charge >= 0.3 is 0 Å². The highest BCUT2D eigenvalue weighted by atomic mass is 16.2. The molecule has 0 aliphatic carbocycles. The lowest BCUT2D eigenvalue weighted by Crippen LogP contribution is -2.32. The number of fused-ring (bicyclic) bond motifs is 1.